The first-order chi connectivity index (χ1) is 14.5. The monoisotopic (exact) mass is 431 g/mol. The van der Waals surface area contributed by atoms with E-state index in [1.807, 2.05) is 18.2 Å². The first-order valence-electron chi connectivity index (χ1n) is 9.27. The van der Waals surface area contributed by atoms with Crippen molar-refractivity contribution >= 4 is 28.8 Å². The van der Waals surface area contributed by atoms with E-state index in [-0.39, 0.29) is 5.97 Å². The average Bonchev–Trinajstić information content (AvgIpc) is 3.33. The number of carbonyl (C=O) groups excluding carboxylic acids is 1. The third kappa shape index (κ3) is 3.80. The molecule has 0 bridgehead atoms. The van der Waals surface area contributed by atoms with Crippen LogP contribution in [-0.2, 0) is 15.2 Å². The number of hydrogen-bond donors (Lipinski definition) is 3. The molecule has 3 N–H and O–H groups in total. The second kappa shape index (κ2) is 8.70. The largest absolute Gasteiger partial charge is 0.465 e. The van der Waals surface area contributed by atoms with Crippen molar-refractivity contribution in [2.45, 2.75) is 35.3 Å². The van der Waals surface area contributed by atoms with Crippen molar-refractivity contribution in [3.63, 3.8) is 0 Å². The molecule has 3 aromatic rings. The highest BCUT2D eigenvalue weighted by molar-refractivity contribution is 7.98. The zero-order chi connectivity index (χ0) is 21.3. The molecule has 0 spiro atoms. The lowest BCUT2D eigenvalue weighted by Gasteiger charge is -2.17. The lowest BCUT2D eigenvalue weighted by Crippen LogP contribution is -2.33. The van der Waals surface area contributed by atoms with Gasteiger partial charge in [-0.2, -0.15) is 0 Å². The van der Waals surface area contributed by atoms with Crippen LogP contribution in [0.1, 0.15) is 22.1 Å². The number of methoxy groups -OCH3 is 1. The molecule has 3 heterocycles. The van der Waals surface area contributed by atoms with E-state index in [1.54, 1.807) is 22.9 Å². The highest BCUT2D eigenvalue weighted by atomic mass is 32.2. The predicted molar refractivity (Wildman–Crippen MR) is 108 cm³/mol. The van der Waals surface area contributed by atoms with Gasteiger partial charge in [0.2, 0.25) is 0 Å². The number of hydrogen-bond acceptors (Lipinski definition) is 9. The Labute approximate surface area is 176 Å². The molecule has 1 fully saturated rings. The molecule has 1 aliphatic heterocycles. The highest BCUT2D eigenvalue weighted by Gasteiger charge is 2.43. The van der Waals surface area contributed by atoms with Crippen molar-refractivity contribution in [3.8, 4) is 0 Å². The quantitative estimate of drug-likeness (QED) is 0.299. The van der Waals surface area contributed by atoms with Crippen LogP contribution in [0.15, 0.2) is 47.9 Å². The maximum absolute atomic E-state index is 11.5. The lowest BCUT2D eigenvalue weighted by molar-refractivity contribution is -0.0508. The molecule has 1 aliphatic rings. The Morgan fingerprint density at radius 2 is 1.97 bits per heavy atom. The number of aromatic nitrogens is 3. The number of aliphatic hydroxyl groups excluding tert-OH is 3. The second-order valence-electron chi connectivity index (χ2n) is 6.85. The van der Waals surface area contributed by atoms with Crippen molar-refractivity contribution in [1.29, 1.82) is 0 Å². The molecule has 158 valence electrons. The minimum atomic E-state index is -1.18. The van der Waals surface area contributed by atoms with Crippen LogP contribution in [0.25, 0.3) is 11.0 Å². The van der Waals surface area contributed by atoms with Gasteiger partial charge in [-0.3, -0.25) is 0 Å². The summed E-state index contributed by atoms with van der Waals surface area (Å²) in [7, 11) is 1.35. The second-order valence-corrected chi connectivity index (χ2v) is 7.81. The Hall–Kier alpha value is -2.50. The molecule has 0 radical (unpaired) electrons. The van der Waals surface area contributed by atoms with Gasteiger partial charge in [-0.25, -0.2) is 14.8 Å². The van der Waals surface area contributed by atoms with Crippen LogP contribution in [0.3, 0.4) is 0 Å². The molecule has 4 atom stereocenters. The van der Waals surface area contributed by atoms with Crippen LogP contribution in [0.4, 0.5) is 0 Å². The molecule has 4 rings (SSSR count). The van der Waals surface area contributed by atoms with E-state index in [4.69, 9.17) is 9.47 Å². The third-order valence-corrected chi connectivity index (χ3v) is 6.09. The molecule has 2 aromatic heterocycles. The van der Waals surface area contributed by atoms with Crippen molar-refractivity contribution in [3.05, 3.63) is 54.0 Å². The summed E-state index contributed by atoms with van der Waals surface area (Å²) in [6.45, 7) is -0.390. The van der Waals surface area contributed by atoms with Gasteiger partial charge in [0.15, 0.2) is 6.23 Å². The summed E-state index contributed by atoms with van der Waals surface area (Å²) in [5, 5.41) is 31.2. The Morgan fingerprint density at radius 3 is 2.63 bits per heavy atom. The minimum Gasteiger partial charge on any atom is -0.465 e. The molecule has 9 nitrogen and oxygen atoms in total. The summed E-state index contributed by atoms with van der Waals surface area (Å²) >= 11 is 1.51. The smallest absolute Gasteiger partial charge is 0.337 e. The standard InChI is InChI=1S/C20H21N3O6S/c1-28-20(27)12-4-2-11(3-5-12)9-30-18-13-6-7-23(17(13)21-10-22-18)19-16(26)15(25)14(8-24)29-19/h2-7,10,14-16,19,24-26H,8-9H2,1H3/t14-,15-,16-,19-/m1/s1. The molecular formula is C20H21N3O6S. The zero-order valence-electron chi connectivity index (χ0n) is 16.1. The van der Waals surface area contributed by atoms with E-state index in [1.165, 1.54) is 25.2 Å². The van der Waals surface area contributed by atoms with E-state index < -0.39 is 31.1 Å². The third-order valence-electron chi connectivity index (χ3n) is 5.01. The maximum Gasteiger partial charge on any atom is 0.337 e. The van der Waals surface area contributed by atoms with Crippen molar-refractivity contribution < 1.29 is 29.6 Å². The molecule has 0 aliphatic carbocycles. The maximum atomic E-state index is 11.5. The number of benzene rings is 1. The number of esters is 1. The van der Waals surface area contributed by atoms with E-state index >= 15 is 0 Å². The highest BCUT2D eigenvalue weighted by Crippen LogP contribution is 2.34. The molecule has 1 aromatic carbocycles. The van der Waals surface area contributed by atoms with Gasteiger partial charge < -0.3 is 29.4 Å². The minimum absolute atomic E-state index is 0.377. The Balaban J connectivity index is 1.53. The van der Waals surface area contributed by atoms with Gasteiger partial charge in [-0.1, -0.05) is 12.1 Å². The van der Waals surface area contributed by atoms with Crippen LogP contribution in [0.2, 0.25) is 0 Å². The zero-order valence-corrected chi connectivity index (χ0v) is 16.9. The van der Waals surface area contributed by atoms with E-state index in [2.05, 4.69) is 9.97 Å². The number of carbonyl (C=O) groups is 1. The van der Waals surface area contributed by atoms with Gasteiger partial charge in [-0.15, -0.1) is 11.8 Å². The summed E-state index contributed by atoms with van der Waals surface area (Å²) < 4.78 is 11.9. The molecule has 10 heteroatoms. The van der Waals surface area contributed by atoms with Crippen LogP contribution in [-0.4, -0.2) is 67.9 Å². The van der Waals surface area contributed by atoms with E-state index in [9.17, 15) is 20.1 Å². The van der Waals surface area contributed by atoms with Gasteiger partial charge in [-0.05, 0) is 23.8 Å². The van der Waals surface area contributed by atoms with Gasteiger partial charge in [0.1, 0.15) is 35.3 Å². The topological polar surface area (TPSA) is 127 Å². The lowest BCUT2D eigenvalue weighted by atomic mass is 10.1. The van der Waals surface area contributed by atoms with Crippen LogP contribution >= 0.6 is 11.8 Å². The van der Waals surface area contributed by atoms with Crippen molar-refractivity contribution in [2.24, 2.45) is 0 Å². The summed E-state index contributed by atoms with van der Waals surface area (Å²) in [6, 6.07) is 8.99. The van der Waals surface area contributed by atoms with E-state index in [0.29, 0.717) is 17.0 Å². The van der Waals surface area contributed by atoms with Gasteiger partial charge >= 0.3 is 5.97 Å². The Morgan fingerprint density at radius 1 is 1.20 bits per heavy atom. The molecule has 30 heavy (non-hydrogen) atoms. The fraction of sp³-hybridized carbons (Fsp3) is 0.350. The van der Waals surface area contributed by atoms with Crippen LogP contribution in [0, 0.1) is 0 Å². The van der Waals surface area contributed by atoms with E-state index in [0.717, 1.165) is 16.0 Å². The Bertz CT molecular complexity index is 1040. The first kappa shape index (κ1) is 20.8. The number of nitrogens with zero attached hydrogens (tertiary/aromatic N) is 3. The van der Waals surface area contributed by atoms with Crippen LogP contribution in [0.5, 0.6) is 0 Å². The van der Waals surface area contributed by atoms with Crippen molar-refractivity contribution in [1.82, 2.24) is 14.5 Å². The summed E-state index contributed by atoms with van der Waals surface area (Å²) in [4.78, 5) is 20.2. The fourth-order valence-electron chi connectivity index (χ4n) is 3.38. The van der Waals surface area contributed by atoms with Gasteiger partial charge in [0.25, 0.3) is 0 Å². The predicted octanol–water partition coefficient (Wildman–Crippen LogP) is 1.12. The normalized spacial score (nSPS) is 23.7. The first-order valence-corrected chi connectivity index (χ1v) is 10.3. The van der Waals surface area contributed by atoms with Gasteiger partial charge in [0, 0.05) is 11.9 Å². The SMILES string of the molecule is COC(=O)c1ccc(CSc2ncnc3c2ccn3[C@@H]2O[C@H](CO)[C@@H](O)[C@H]2O)cc1. The number of thioether (sulfide) groups is 1. The number of ether oxygens (including phenoxy) is 2. The average molecular weight is 431 g/mol. The Kier molecular flexibility index (Phi) is 6.02. The molecule has 0 amide bonds. The van der Waals surface area contributed by atoms with Crippen molar-refractivity contribution in [2.75, 3.05) is 13.7 Å². The number of fused-ring (bicyclic) bond motifs is 1. The number of aliphatic hydroxyl groups is 3. The molecular weight excluding hydrogens is 410 g/mol. The summed E-state index contributed by atoms with van der Waals surface area (Å²) in [5.74, 6) is 0.255. The van der Waals surface area contributed by atoms with Gasteiger partial charge in [0.05, 0.1) is 24.7 Å². The summed E-state index contributed by atoms with van der Waals surface area (Å²) in [5.41, 5.74) is 2.07. The van der Waals surface area contributed by atoms with Crippen LogP contribution < -0.4 is 0 Å². The fourth-order valence-corrected chi connectivity index (χ4v) is 4.32. The molecule has 0 saturated carbocycles. The number of rotatable bonds is 6. The molecule has 1 saturated heterocycles. The molecule has 0 unspecified atom stereocenters. The summed E-state index contributed by atoms with van der Waals surface area (Å²) in [6.07, 6.45) is -0.921.